The smallest absolute Gasteiger partial charge is 0.0132 e. The monoisotopic (exact) mass is 226 g/mol. The van der Waals surface area contributed by atoms with Crippen molar-refractivity contribution in [2.45, 2.75) is 64.3 Å². The minimum Gasteiger partial charge on any atom is -0.330 e. The fraction of sp³-hybridized carbons (Fsp3) is 1.00. The molecule has 2 unspecified atom stereocenters. The molecule has 0 spiro atoms. The Morgan fingerprint density at radius 3 is 2.56 bits per heavy atom. The van der Waals surface area contributed by atoms with Gasteiger partial charge in [-0.3, -0.25) is 0 Å². The van der Waals surface area contributed by atoms with E-state index in [0.29, 0.717) is 0 Å². The van der Waals surface area contributed by atoms with E-state index in [4.69, 9.17) is 5.73 Å². The van der Waals surface area contributed by atoms with Crippen LogP contribution in [0.5, 0.6) is 0 Å². The van der Waals surface area contributed by atoms with Crippen molar-refractivity contribution in [3.05, 3.63) is 0 Å². The summed E-state index contributed by atoms with van der Waals surface area (Å²) in [4.78, 5) is 2.58. The maximum absolute atomic E-state index is 5.88. The first-order valence-electron chi connectivity index (χ1n) is 7.20. The molecule has 1 fully saturated rings. The summed E-state index contributed by atoms with van der Waals surface area (Å²) in [5, 5.41) is 0. The lowest BCUT2D eigenvalue weighted by atomic mass is 9.83. The van der Waals surface area contributed by atoms with Crippen LogP contribution in [0.3, 0.4) is 0 Å². The van der Waals surface area contributed by atoms with E-state index in [0.717, 1.165) is 18.5 Å². The largest absolute Gasteiger partial charge is 0.330 e. The van der Waals surface area contributed by atoms with Crippen molar-refractivity contribution in [3.63, 3.8) is 0 Å². The van der Waals surface area contributed by atoms with Gasteiger partial charge >= 0.3 is 0 Å². The lowest BCUT2D eigenvalue weighted by Crippen LogP contribution is -2.43. The summed E-state index contributed by atoms with van der Waals surface area (Å²) in [5.41, 5.74) is 5.88. The number of nitrogens with two attached hydrogens (primary N) is 1. The topological polar surface area (TPSA) is 29.3 Å². The van der Waals surface area contributed by atoms with Crippen LogP contribution < -0.4 is 5.73 Å². The zero-order chi connectivity index (χ0) is 11.8. The van der Waals surface area contributed by atoms with Crippen molar-refractivity contribution in [2.75, 3.05) is 20.1 Å². The number of nitrogens with zero attached hydrogens (tertiary/aromatic N) is 1. The van der Waals surface area contributed by atoms with Gasteiger partial charge in [0.05, 0.1) is 0 Å². The van der Waals surface area contributed by atoms with E-state index in [1.165, 1.54) is 57.9 Å². The molecule has 0 bridgehead atoms. The second kappa shape index (κ2) is 8.08. The minimum atomic E-state index is 0.755. The van der Waals surface area contributed by atoms with E-state index in [9.17, 15) is 0 Å². The molecular weight excluding hydrogens is 196 g/mol. The molecule has 0 aromatic rings. The molecule has 1 aliphatic carbocycles. The Kier molecular flexibility index (Phi) is 7.06. The Hall–Kier alpha value is -0.0800. The molecule has 16 heavy (non-hydrogen) atoms. The molecule has 0 aromatic carbocycles. The highest BCUT2D eigenvalue weighted by molar-refractivity contribution is 4.82. The first kappa shape index (κ1) is 14.0. The zero-order valence-corrected chi connectivity index (χ0v) is 11.3. The number of hydrogen-bond donors (Lipinski definition) is 1. The van der Waals surface area contributed by atoms with Gasteiger partial charge in [0.2, 0.25) is 0 Å². The van der Waals surface area contributed by atoms with Crippen molar-refractivity contribution in [3.8, 4) is 0 Å². The summed E-state index contributed by atoms with van der Waals surface area (Å²) in [7, 11) is 2.30. The molecule has 0 radical (unpaired) electrons. The van der Waals surface area contributed by atoms with Crippen LogP contribution in [-0.2, 0) is 0 Å². The van der Waals surface area contributed by atoms with Crippen LogP contribution in [0, 0.1) is 5.92 Å². The molecule has 0 amide bonds. The van der Waals surface area contributed by atoms with Crippen LogP contribution in [0.15, 0.2) is 0 Å². The zero-order valence-electron chi connectivity index (χ0n) is 11.3. The molecule has 96 valence electrons. The molecule has 0 saturated heterocycles. The van der Waals surface area contributed by atoms with E-state index in [1.807, 2.05) is 0 Å². The van der Waals surface area contributed by atoms with E-state index in [-0.39, 0.29) is 0 Å². The molecule has 1 aliphatic rings. The third-order valence-corrected chi connectivity index (χ3v) is 4.10. The normalized spacial score (nSPS) is 26.2. The predicted octanol–water partition coefficient (Wildman–Crippen LogP) is 3.02. The third kappa shape index (κ3) is 4.42. The Morgan fingerprint density at radius 2 is 1.88 bits per heavy atom. The molecule has 2 heteroatoms. The maximum atomic E-state index is 5.88. The average Bonchev–Trinajstić information content (AvgIpc) is 2.34. The predicted molar refractivity (Wildman–Crippen MR) is 71.6 cm³/mol. The summed E-state index contributed by atoms with van der Waals surface area (Å²) < 4.78 is 0. The van der Waals surface area contributed by atoms with Gasteiger partial charge in [0.25, 0.3) is 0 Å². The molecule has 1 rings (SSSR count). The Balaban J connectivity index is 2.24. The second-order valence-electron chi connectivity index (χ2n) is 5.39. The quantitative estimate of drug-likeness (QED) is 0.676. The summed E-state index contributed by atoms with van der Waals surface area (Å²) in [6, 6.07) is 0.764. The van der Waals surface area contributed by atoms with E-state index >= 15 is 0 Å². The standard InChI is InChI=1S/C14H30N2/c1-3-4-5-8-11-16(2)14-10-7-6-9-13(14)12-15/h13-14H,3-12,15H2,1-2H3. The van der Waals surface area contributed by atoms with Gasteiger partial charge in [-0.05, 0) is 45.3 Å². The lowest BCUT2D eigenvalue weighted by Gasteiger charge is -2.37. The van der Waals surface area contributed by atoms with Crippen LogP contribution >= 0.6 is 0 Å². The second-order valence-corrected chi connectivity index (χ2v) is 5.39. The fourth-order valence-corrected chi connectivity index (χ4v) is 3.00. The van der Waals surface area contributed by atoms with Gasteiger partial charge in [0, 0.05) is 6.04 Å². The minimum absolute atomic E-state index is 0.755. The Bertz CT molecular complexity index is 170. The molecule has 0 aliphatic heterocycles. The number of hydrogen-bond acceptors (Lipinski definition) is 2. The van der Waals surface area contributed by atoms with Gasteiger partial charge in [-0.25, -0.2) is 0 Å². The highest BCUT2D eigenvalue weighted by Gasteiger charge is 2.26. The highest BCUT2D eigenvalue weighted by Crippen LogP contribution is 2.27. The maximum Gasteiger partial charge on any atom is 0.0132 e. The third-order valence-electron chi connectivity index (χ3n) is 4.10. The first-order valence-corrected chi connectivity index (χ1v) is 7.20. The molecule has 2 atom stereocenters. The van der Waals surface area contributed by atoms with Gasteiger partial charge in [0.1, 0.15) is 0 Å². The van der Waals surface area contributed by atoms with Crippen LogP contribution in [-0.4, -0.2) is 31.1 Å². The van der Waals surface area contributed by atoms with Crippen molar-refractivity contribution >= 4 is 0 Å². The van der Waals surface area contributed by atoms with Gasteiger partial charge in [-0.15, -0.1) is 0 Å². The van der Waals surface area contributed by atoms with E-state index < -0.39 is 0 Å². The molecule has 1 saturated carbocycles. The fourth-order valence-electron chi connectivity index (χ4n) is 3.00. The number of unbranched alkanes of at least 4 members (excludes halogenated alkanes) is 3. The summed E-state index contributed by atoms with van der Waals surface area (Å²) >= 11 is 0. The van der Waals surface area contributed by atoms with Crippen LogP contribution in [0.2, 0.25) is 0 Å². The van der Waals surface area contributed by atoms with Crippen LogP contribution in [0.25, 0.3) is 0 Å². The average molecular weight is 226 g/mol. The van der Waals surface area contributed by atoms with E-state index in [1.54, 1.807) is 0 Å². The van der Waals surface area contributed by atoms with E-state index in [2.05, 4.69) is 18.9 Å². The number of rotatable bonds is 7. The first-order chi connectivity index (χ1) is 7.79. The summed E-state index contributed by atoms with van der Waals surface area (Å²) in [6.45, 7) is 4.42. The summed E-state index contributed by atoms with van der Waals surface area (Å²) in [6.07, 6.45) is 11.0. The van der Waals surface area contributed by atoms with Crippen molar-refractivity contribution in [2.24, 2.45) is 11.7 Å². The van der Waals surface area contributed by atoms with Crippen molar-refractivity contribution in [1.82, 2.24) is 4.90 Å². The molecule has 0 heterocycles. The van der Waals surface area contributed by atoms with Crippen LogP contribution in [0.1, 0.15) is 58.3 Å². The molecule has 2 N–H and O–H groups in total. The van der Waals surface area contributed by atoms with Gasteiger partial charge in [-0.2, -0.15) is 0 Å². The lowest BCUT2D eigenvalue weighted by molar-refractivity contribution is 0.131. The summed E-state index contributed by atoms with van der Waals surface area (Å²) in [5.74, 6) is 0.755. The SMILES string of the molecule is CCCCCCN(C)C1CCCCC1CN. The molecule has 2 nitrogen and oxygen atoms in total. The molecule has 0 aromatic heterocycles. The highest BCUT2D eigenvalue weighted by atomic mass is 15.1. The van der Waals surface area contributed by atoms with Gasteiger partial charge in [0.15, 0.2) is 0 Å². The molecular formula is C14H30N2. The Morgan fingerprint density at radius 1 is 1.12 bits per heavy atom. The van der Waals surface area contributed by atoms with Crippen molar-refractivity contribution in [1.29, 1.82) is 0 Å². The van der Waals surface area contributed by atoms with Gasteiger partial charge < -0.3 is 10.6 Å². The van der Waals surface area contributed by atoms with Crippen LogP contribution in [0.4, 0.5) is 0 Å². The van der Waals surface area contributed by atoms with Gasteiger partial charge in [-0.1, -0.05) is 39.0 Å². The Labute approximate surface area is 102 Å². The van der Waals surface area contributed by atoms with Crippen molar-refractivity contribution < 1.29 is 0 Å².